The molecule has 2 aliphatic rings. The molecule has 1 aromatic rings. The summed E-state index contributed by atoms with van der Waals surface area (Å²) in [6, 6.07) is 4.26. The summed E-state index contributed by atoms with van der Waals surface area (Å²) in [6.45, 7) is 4.60. The fourth-order valence-electron chi connectivity index (χ4n) is 2.93. The number of phenolic OH excluding ortho intramolecular Hbond substituents is 2. The van der Waals surface area contributed by atoms with E-state index in [2.05, 4.69) is 20.5 Å². The molecule has 1 aromatic carbocycles. The molecular formula is C17H21N3O4Se. The van der Waals surface area contributed by atoms with Crippen LogP contribution in [0, 0.1) is 0 Å². The maximum atomic E-state index is 12.8. The molecule has 25 heavy (non-hydrogen) atoms. The van der Waals surface area contributed by atoms with Gasteiger partial charge in [-0.25, -0.2) is 0 Å². The summed E-state index contributed by atoms with van der Waals surface area (Å²) in [5.41, 5.74) is 1.05. The number of aromatic hydroxyl groups is 2. The second kappa shape index (κ2) is 7.58. The van der Waals surface area contributed by atoms with Crippen molar-refractivity contribution in [2.24, 2.45) is 0 Å². The van der Waals surface area contributed by atoms with E-state index < -0.39 is 0 Å². The summed E-state index contributed by atoms with van der Waals surface area (Å²) in [5.74, 6) is -0.194. The summed E-state index contributed by atoms with van der Waals surface area (Å²) in [4.78, 5) is 18.5. The van der Waals surface area contributed by atoms with E-state index in [0.29, 0.717) is 17.8 Å². The minimum absolute atomic E-state index is 0.0450. The van der Waals surface area contributed by atoms with Crippen molar-refractivity contribution >= 4 is 32.2 Å². The van der Waals surface area contributed by atoms with E-state index in [1.54, 1.807) is 15.9 Å². The van der Waals surface area contributed by atoms with E-state index in [4.69, 9.17) is 4.74 Å². The molecular weight excluding hydrogens is 389 g/mol. The zero-order valence-electron chi connectivity index (χ0n) is 14.0. The molecule has 1 amide bonds. The number of phenols is 2. The van der Waals surface area contributed by atoms with E-state index >= 15 is 0 Å². The molecule has 0 radical (unpaired) electrons. The number of hydrogen-bond donors (Lipinski definition) is 2. The van der Waals surface area contributed by atoms with Gasteiger partial charge in [0.2, 0.25) is 0 Å². The van der Waals surface area contributed by atoms with E-state index in [-0.39, 0.29) is 17.4 Å². The number of nitrogens with zero attached hydrogens (tertiary/aromatic N) is 3. The van der Waals surface area contributed by atoms with Crippen LogP contribution in [0.2, 0.25) is 0 Å². The van der Waals surface area contributed by atoms with Crippen molar-refractivity contribution in [3.05, 3.63) is 29.5 Å². The second-order valence-electron chi connectivity index (χ2n) is 6.06. The molecule has 2 N–H and O–H groups in total. The van der Waals surface area contributed by atoms with Crippen molar-refractivity contribution < 1.29 is 19.7 Å². The van der Waals surface area contributed by atoms with Crippen LogP contribution >= 0.6 is 0 Å². The molecule has 2 fully saturated rings. The Balaban J connectivity index is 1.74. The van der Waals surface area contributed by atoms with Gasteiger partial charge in [0.05, 0.1) is 0 Å². The molecule has 0 bridgehead atoms. The summed E-state index contributed by atoms with van der Waals surface area (Å²) in [5, 5.41) is 19.2. The number of benzene rings is 1. The third-order valence-corrected chi connectivity index (χ3v) is 5.35. The molecule has 0 aromatic heterocycles. The van der Waals surface area contributed by atoms with Gasteiger partial charge in [0.25, 0.3) is 0 Å². The van der Waals surface area contributed by atoms with Crippen LogP contribution in [0.25, 0.3) is 6.08 Å². The first-order chi connectivity index (χ1) is 12.0. The topological polar surface area (TPSA) is 76.5 Å². The van der Waals surface area contributed by atoms with E-state index in [1.165, 1.54) is 18.2 Å². The summed E-state index contributed by atoms with van der Waals surface area (Å²) < 4.78 is 6.09. The van der Waals surface area contributed by atoms with E-state index in [0.717, 1.165) is 37.5 Å². The van der Waals surface area contributed by atoms with Gasteiger partial charge in [0.15, 0.2) is 0 Å². The Morgan fingerprint density at radius 2 is 1.80 bits per heavy atom. The van der Waals surface area contributed by atoms with Crippen LogP contribution in [-0.4, -0.2) is 97.5 Å². The minimum atomic E-state index is -0.104. The fraction of sp³-hybridized carbons (Fsp3) is 0.412. The van der Waals surface area contributed by atoms with Crippen LogP contribution < -0.4 is 0 Å². The third-order valence-electron chi connectivity index (χ3n) is 4.32. The maximum absolute atomic E-state index is 12.8. The van der Waals surface area contributed by atoms with Gasteiger partial charge in [0.1, 0.15) is 0 Å². The van der Waals surface area contributed by atoms with Gasteiger partial charge >= 0.3 is 154 Å². The third kappa shape index (κ3) is 4.04. The molecule has 134 valence electrons. The van der Waals surface area contributed by atoms with Gasteiger partial charge in [-0.1, -0.05) is 0 Å². The van der Waals surface area contributed by atoms with Crippen molar-refractivity contribution in [2.45, 2.75) is 0 Å². The quantitative estimate of drug-likeness (QED) is 0.529. The van der Waals surface area contributed by atoms with Gasteiger partial charge in [-0.05, 0) is 0 Å². The molecule has 0 aliphatic carbocycles. The summed E-state index contributed by atoms with van der Waals surface area (Å²) in [6.07, 6.45) is 1.66. The predicted octanol–water partition coefficient (Wildman–Crippen LogP) is -0.199. The van der Waals surface area contributed by atoms with Crippen LogP contribution in [0.5, 0.6) is 11.5 Å². The first-order valence-corrected chi connectivity index (χ1v) is 8.96. The normalized spacial score (nSPS) is 20.8. The Morgan fingerprint density at radius 3 is 2.44 bits per heavy atom. The molecule has 7 nitrogen and oxygen atoms in total. The van der Waals surface area contributed by atoms with Crippen LogP contribution in [0.15, 0.2) is 23.9 Å². The number of likely N-dealkylation sites (N-methyl/N-ethyl adjacent to an activating group) is 1. The fourth-order valence-corrected chi connectivity index (χ4v) is 3.51. The number of morpholine rings is 1. The van der Waals surface area contributed by atoms with E-state index in [1.807, 2.05) is 7.05 Å². The molecule has 2 aliphatic heterocycles. The second-order valence-corrected chi connectivity index (χ2v) is 6.83. The van der Waals surface area contributed by atoms with Crippen LogP contribution in [0.4, 0.5) is 0 Å². The zero-order valence-corrected chi connectivity index (χ0v) is 15.7. The van der Waals surface area contributed by atoms with Crippen molar-refractivity contribution in [1.29, 1.82) is 0 Å². The number of carbonyl (C=O) groups excluding carboxylic acids is 1. The van der Waals surface area contributed by atoms with Gasteiger partial charge in [-0.3, -0.25) is 0 Å². The average Bonchev–Trinajstić information content (AvgIpc) is 2.77. The molecule has 2 heterocycles. The van der Waals surface area contributed by atoms with E-state index in [9.17, 15) is 15.0 Å². The summed E-state index contributed by atoms with van der Waals surface area (Å²) >= 11 is 2.96. The summed E-state index contributed by atoms with van der Waals surface area (Å²) in [7, 11) is 1.81. The average molecular weight is 410 g/mol. The molecule has 3 rings (SSSR count). The van der Waals surface area contributed by atoms with Crippen LogP contribution in [-0.2, 0) is 9.53 Å². The van der Waals surface area contributed by atoms with Gasteiger partial charge in [-0.15, -0.1) is 0 Å². The SMILES string of the molecule is CN1C(=[Se])N(CCN2CCOCC2)C(=O)C1=Cc1cc(O)cc(O)c1. The van der Waals surface area contributed by atoms with Crippen LogP contribution in [0.1, 0.15) is 5.56 Å². The Labute approximate surface area is 154 Å². The van der Waals surface area contributed by atoms with Gasteiger partial charge < -0.3 is 0 Å². The zero-order chi connectivity index (χ0) is 18.0. The Bertz CT molecular complexity index is 696. The Hall–Kier alpha value is -1.86. The molecule has 0 atom stereocenters. The number of hydrogen-bond acceptors (Lipinski definition) is 6. The number of carbonyl (C=O) groups is 1. The standard InChI is InChI=1S/C17H21N3O4Se/c1-18-15(10-12-8-13(21)11-14(22)9-12)16(23)20(17(18)25)3-2-19-4-6-24-7-5-19/h8-11,21-22H,2-7H2,1H3. The monoisotopic (exact) mass is 411 g/mol. The van der Waals surface area contributed by atoms with Crippen LogP contribution in [0.3, 0.4) is 0 Å². The van der Waals surface area contributed by atoms with Gasteiger partial charge in [0, 0.05) is 0 Å². The first kappa shape index (κ1) is 17.9. The number of rotatable bonds is 4. The first-order valence-electron chi connectivity index (χ1n) is 8.10. The van der Waals surface area contributed by atoms with Crippen molar-refractivity contribution in [3.63, 3.8) is 0 Å². The number of amides is 1. The molecule has 0 saturated carbocycles. The molecule has 0 spiro atoms. The Morgan fingerprint density at radius 1 is 1.16 bits per heavy atom. The van der Waals surface area contributed by atoms with Gasteiger partial charge in [-0.2, -0.15) is 0 Å². The Kier molecular flexibility index (Phi) is 5.44. The number of ether oxygens (including phenoxy) is 1. The van der Waals surface area contributed by atoms with Crippen molar-refractivity contribution in [2.75, 3.05) is 46.4 Å². The molecule has 8 heteroatoms. The molecule has 0 unspecified atom stereocenters. The van der Waals surface area contributed by atoms with Crippen molar-refractivity contribution in [3.8, 4) is 11.5 Å². The molecule has 2 saturated heterocycles. The van der Waals surface area contributed by atoms with Crippen molar-refractivity contribution in [1.82, 2.24) is 14.7 Å². The predicted molar refractivity (Wildman–Crippen MR) is 95.2 cm³/mol.